The van der Waals surface area contributed by atoms with Gasteiger partial charge in [0.2, 0.25) is 0 Å². The van der Waals surface area contributed by atoms with Crippen LogP contribution in [0.2, 0.25) is 0 Å². The van der Waals surface area contributed by atoms with E-state index in [2.05, 4.69) is 23.9 Å². The average Bonchev–Trinajstić information content (AvgIpc) is 2.32. The lowest BCUT2D eigenvalue weighted by Gasteiger charge is -2.49. The summed E-state index contributed by atoms with van der Waals surface area (Å²) in [6, 6.07) is 5.33. The van der Waals surface area contributed by atoms with E-state index in [1.165, 1.54) is 19.3 Å². The van der Waals surface area contributed by atoms with E-state index in [4.69, 9.17) is 5.73 Å². The van der Waals surface area contributed by atoms with Crippen molar-refractivity contribution in [3.8, 4) is 0 Å². The molecule has 1 aliphatic rings. The molecule has 1 aromatic rings. The third kappa shape index (κ3) is 3.38. The lowest BCUT2D eigenvalue weighted by Crippen LogP contribution is -2.57. The van der Waals surface area contributed by atoms with E-state index in [1.807, 2.05) is 20.0 Å². The van der Waals surface area contributed by atoms with Gasteiger partial charge in [0.25, 0.3) is 0 Å². The van der Waals surface area contributed by atoms with E-state index in [9.17, 15) is 4.39 Å². The van der Waals surface area contributed by atoms with Gasteiger partial charge in [-0.25, -0.2) is 4.39 Å². The van der Waals surface area contributed by atoms with Crippen molar-refractivity contribution in [1.29, 1.82) is 0 Å². The van der Waals surface area contributed by atoms with Gasteiger partial charge in [0, 0.05) is 25.2 Å². The minimum absolute atomic E-state index is 0.0328. The number of likely N-dealkylation sites (N-methyl/N-ethyl adjacent to an activating group) is 2. The summed E-state index contributed by atoms with van der Waals surface area (Å²) in [5.74, 6) is -0.149. The SMILES string of the molecule is CC(N)Cc1cccc(F)c1N(C)CC1(N(C)C)CCC1. The number of hydrogen-bond donors (Lipinski definition) is 1. The Morgan fingerprint density at radius 2 is 1.95 bits per heavy atom. The number of rotatable bonds is 6. The highest BCUT2D eigenvalue weighted by atomic mass is 19.1. The van der Waals surface area contributed by atoms with Crippen molar-refractivity contribution < 1.29 is 4.39 Å². The summed E-state index contributed by atoms with van der Waals surface area (Å²) in [6.07, 6.45) is 4.32. The highest BCUT2D eigenvalue weighted by Gasteiger charge is 2.40. The van der Waals surface area contributed by atoms with Crippen LogP contribution in [0.25, 0.3) is 0 Å². The van der Waals surface area contributed by atoms with Crippen LogP contribution in [-0.2, 0) is 6.42 Å². The molecule has 0 aromatic heterocycles. The fraction of sp³-hybridized carbons (Fsp3) is 0.647. The van der Waals surface area contributed by atoms with Crippen molar-refractivity contribution in [3.63, 3.8) is 0 Å². The molecule has 0 amide bonds. The molecule has 4 heteroatoms. The first-order valence-corrected chi connectivity index (χ1v) is 7.77. The molecule has 1 saturated carbocycles. The molecule has 0 spiro atoms. The molecule has 2 N–H and O–H groups in total. The third-order valence-corrected chi connectivity index (χ3v) is 4.76. The van der Waals surface area contributed by atoms with Gasteiger partial charge in [0.05, 0.1) is 5.69 Å². The monoisotopic (exact) mass is 293 g/mol. The van der Waals surface area contributed by atoms with Crippen LogP contribution in [0.3, 0.4) is 0 Å². The number of halogens is 1. The smallest absolute Gasteiger partial charge is 0.146 e. The maximum atomic E-state index is 14.4. The van der Waals surface area contributed by atoms with E-state index in [0.29, 0.717) is 12.1 Å². The number of anilines is 1. The number of hydrogen-bond acceptors (Lipinski definition) is 3. The zero-order valence-electron chi connectivity index (χ0n) is 13.7. The summed E-state index contributed by atoms with van der Waals surface area (Å²) in [4.78, 5) is 4.37. The molecule has 3 nitrogen and oxygen atoms in total. The molecule has 118 valence electrons. The normalized spacial score (nSPS) is 18.4. The van der Waals surface area contributed by atoms with E-state index < -0.39 is 0 Å². The Balaban J connectivity index is 2.24. The highest BCUT2D eigenvalue weighted by molar-refractivity contribution is 5.55. The number of nitrogens with zero attached hydrogens (tertiary/aromatic N) is 2. The first kappa shape index (κ1) is 16.2. The Morgan fingerprint density at radius 1 is 1.29 bits per heavy atom. The summed E-state index contributed by atoms with van der Waals surface area (Å²) in [6.45, 7) is 2.81. The van der Waals surface area contributed by atoms with Crippen molar-refractivity contribution in [1.82, 2.24) is 4.90 Å². The topological polar surface area (TPSA) is 32.5 Å². The summed E-state index contributed by atoms with van der Waals surface area (Å²) < 4.78 is 14.4. The summed E-state index contributed by atoms with van der Waals surface area (Å²) >= 11 is 0. The Kier molecular flexibility index (Phi) is 4.89. The van der Waals surface area contributed by atoms with Gasteiger partial charge in [-0.2, -0.15) is 0 Å². The van der Waals surface area contributed by atoms with Gasteiger partial charge in [-0.15, -0.1) is 0 Å². The molecule has 2 rings (SSSR count). The minimum Gasteiger partial charge on any atom is -0.370 e. The second kappa shape index (κ2) is 6.32. The maximum Gasteiger partial charge on any atom is 0.146 e. The van der Waals surface area contributed by atoms with Crippen LogP contribution in [0.1, 0.15) is 31.7 Å². The third-order valence-electron chi connectivity index (χ3n) is 4.76. The van der Waals surface area contributed by atoms with Crippen LogP contribution in [0, 0.1) is 5.82 Å². The van der Waals surface area contributed by atoms with Gasteiger partial charge < -0.3 is 15.5 Å². The Bertz CT molecular complexity index is 481. The Labute approximate surface area is 127 Å². The summed E-state index contributed by atoms with van der Waals surface area (Å²) in [5.41, 5.74) is 7.80. The van der Waals surface area contributed by atoms with Gasteiger partial charge in [-0.05, 0) is 58.3 Å². The molecule has 1 fully saturated rings. The molecule has 0 radical (unpaired) electrons. The van der Waals surface area contributed by atoms with Crippen molar-refractivity contribution in [2.75, 3.05) is 32.6 Å². The number of benzene rings is 1. The molecule has 1 unspecified atom stereocenters. The second-order valence-electron chi connectivity index (χ2n) is 6.76. The standard InChI is InChI=1S/C17H28FN3/c1-13(19)11-14-7-5-8-15(18)16(14)21(4)12-17(20(2)3)9-6-10-17/h5,7-8,13H,6,9-12,19H2,1-4H3. The predicted molar refractivity (Wildman–Crippen MR) is 87.3 cm³/mol. The highest BCUT2D eigenvalue weighted by Crippen LogP contribution is 2.38. The Morgan fingerprint density at radius 3 is 2.43 bits per heavy atom. The van der Waals surface area contributed by atoms with Crippen LogP contribution in [0.15, 0.2) is 18.2 Å². The van der Waals surface area contributed by atoms with Crippen LogP contribution in [-0.4, -0.2) is 44.2 Å². The molecular weight excluding hydrogens is 265 g/mol. The number of nitrogens with two attached hydrogens (primary N) is 1. The minimum atomic E-state index is -0.149. The first-order chi connectivity index (χ1) is 9.85. The Hall–Kier alpha value is -1.13. The van der Waals surface area contributed by atoms with Crippen molar-refractivity contribution in [3.05, 3.63) is 29.6 Å². The van der Waals surface area contributed by atoms with E-state index >= 15 is 0 Å². The number of para-hydroxylation sites is 1. The van der Waals surface area contributed by atoms with Gasteiger partial charge >= 0.3 is 0 Å². The van der Waals surface area contributed by atoms with Gasteiger partial charge in [-0.3, -0.25) is 0 Å². The van der Waals surface area contributed by atoms with Crippen molar-refractivity contribution in [2.45, 2.75) is 44.2 Å². The molecule has 0 heterocycles. The zero-order valence-corrected chi connectivity index (χ0v) is 13.7. The van der Waals surface area contributed by atoms with Crippen LogP contribution < -0.4 is 10.6 Å². The fourth-order valence-electron chi connectivity index (χ4n) is 3.35. The van der Waals surface area contributed by atoms with Gasteiger partial charge in [0.15, 0.2) is 0 Å². The largest absolute Gasteiger partial charge is 0.370 e. The zero-order chi connectivity index (χ0) is 15.6. The van der Waals surface area contributed by atoms with Crippen LogP contribution in [0.5, 0.6) is 0 Å². The van der Waals surface area contributed by atoms with E-state index in [0.717, 1.165) is 12.1 Å². The molecular formula is C17H28FN3. The summed E-state index contributed by atoms with van der Waals surface area (Å²) in [5, 5.41) is 0. The fourth-order valence-corrected chi connectivity index (χ4v) is 3.35. The molecule has 0 aliphatic heterocycles. The lowest BCUT2D eigenvalue weighted by molar-refractivity contribution is 0.0681. The second-order valence-corrected chi connectivity index (χ2v) is 6.76. The van der Waals surface area contributed by atoms with E-state index in [1.54, 1.807) is 12.1 Å². The summed E-state index contributed by atoms with van der Waals surface area (Å²) in [7, 11) is 6.24. The molecule has 1 aliphatic carbocycles. The molecule has 0 saturated heterocycles. The quantitative estimate of drug-likeness (QED) is 0.875. The van der Waals surface area contributed by atoms with Crippen molar-refractivity contribution >= 4 is 5.69 Å². The maximum absolute atomic E-state index is 14.4. The predicted octanol–water partition coefficient (Wildman–Crippen LogP) is 2.64. The lowest BCUT2D eigenvalue weighted by atomic mass is 9.75. The molecule has 21 heavy (non-hydrogen) atoms. The van der Waals surface area contributed by atoms with E-state index in [-0.39, 0.29) is 17.4 Å². The first-order valence-electron chi connectivity index (χ1n) is 7.77. The van der Waals surface area contributed by atoms with Crippen LogP contribution >= 0.6 is 0 Å². The molecule has 1 atom stereocenters. The van der Waals surface area contributed by atoms with Gasteiger partial charge in [-0.1, -0.05) is 12.1 Å². The molecule has 1 aromatic carbocycles. The molecule has 0 bridgehead atoms. The average molecular weight is 293 g/mol. The van der Waals surface area contributed by atoms with Crippen molar-refractivity contribution in [2.24, 2.45) is 5.73 Å². The van der Waals surface area contributed by atoms with Crippen LogP contribution in [0.4, 0.5) is 10.1 Å². The van der Waals surface area contributed by atoms with Gasteiger partial charge in [0.1, 0.15) is 5.82 Å².